The van der Waals surface area contributed by atoms with Crippen LogP contribution in [0.5, 0.6) is 5.88 Å². The number of hydrogen-bond acceptors (Lipinski definition) is 5. The molecule has 0 unspecified atom stereocenters. The van der Waals surface area contributed by atoms with Gasteiger partial charge in [0.05, 0.1) is 11.4 Å². The highest BCUT2D eigenvalue weighted by atomic mass is 35.5. The highest BCUT2D eigenvalue weighted by Crippen LogP contribution is 2.22. The average Bonchev–Trinajstić information content (AvgIpc) is 3.23. The van der Waals surface area contributed by atoms with E-state index in [1.54, 1.807) is 11.7 Å². The number of nitrogens with zero attached hydrogens (tertiary/aromatic N) is 6. The molecule has 0 N–H and O–H groups in total. The van der Waals surface area contributed by atoms with Crippen molar-refractivity contribution in [1.29, 1.82) is 0 Å². The zero-order valence-electron chi connectivity index (χ0n) is 16.2. The number of tetrazole rings is 1. The molecule has 29 heavy (non-hydrogen) atoms. The van der Waals surface area contributed by atoms with Gasteiger partial charge < -0.3 is 4.74 Å². The smallest absolute Gasteiger partial charge is 0.368 e. The van der Waals surface area contributed by atoms with Gasteiger partial charge in [-0.05, 0) is 60.2 Å². The fourth-order valence-corrected chi connectivity index (χ4v) is 3.17. The second kappa shape index (κ2) is 7.56. The first-order chi connectivity index (χ1) is 13.9. The van der Waals surface area contributed by atoms with Crippen LogP contribution in [-0.4, -0.2) is 29.6 Å². The summed E-state index contributed by atoms with van der Waals surface area (Å²) in [5, 5.41) is 12.9. The molecule has 0 spiro atoms. The van der Waals surface area contributed by atoms with Crippen molar-refractivity contribution in [2.45, 2.75) is 20.5 Å². The largest absolute Gasteiger partial charge is 0.472 e. The minimum atomic E-state index is -0.320. The number of ether oxygens (including phenoxy) is 1. The van der Waals surface area contributed by atoms with E-state index in [2.05, 4.69) is 15.5 Å². The predicted molar refractivity (Wildman–Crippen MR) is 109 cm³/mol. The molecule has 0 bridgehead atoms. The molecule has 0 radical (unpaired) electrons. The summed E-state index contributed by atoms with van der Waals surface area (Å²) in [6.45, 7) is 4.15. The minimum absolute atomic E-state index is 0.238. The third-order valence-corrected chi connectivity index (χ3v) is 4.89. The number of benzene rings is 2. The Morgan fingerprint density at radius 2 is 1.79 bits per heavy atom. The predicted octanol–water partition coefficient (Wildman–Crippen LogP) is 3.00. The van der Waals surface area contributed by atoms with Gasteiger partial charge in [0.15, 0.2) is 0 Å². The number of hydrogen-bond donors (Lipinski definition) is 0. The van der Waals surface area contributed by atoms with E-state index in [4.69, 9.17) is 16.3 Å². The van der Waals surface area contributed by atoms with Gasteiger partial charge in [-0.1, -0.05) is 23.7 Å². The molecule has 4 rings (SSSR count). The van der Waals surface area contributed by atoms with Gasteiger partial charge in [0.25, 0.3) is 0 Å². The van der Waals surface area contributed by atoms with Crippen LogP contribution >= 0.6 is 11.6 Å². The molecule has 0 atom stereocenters. The van der Waals surface area contributed by atoms with Gasteiger partial charge in [0, 0.05) is 29.4 Å². The third-order valence-electron chi connectivity index (χ3n) is 4.64. The minimum Gasteiger partial charge on any atom is -0.472 e. The van der Waals surface area contributed by atoms with Crippen molar-refractivity contribution in [3.05, 3.63) is 80.9 Å². The molecule has 2 aromatic heterocycles. The second-order valence-electron chi connectivity index (χ2n) is 6.67. The third kappa shape index (κ3) is 3.66. The molecular formula is C20H19ClN6O2. The van der Waals surface area contributed by atoms with Crippen molar-refractivity contribution in [2.75, 3.05) is 0 Å². The molecule has 9 heteroatoms. The van der Waals surface area contributed by atoms with E-state index in [1.807, 2.05) is 62.4 Å². The van der Waals surface area contributed by atoms with Gasteiger partial charge in [0.2, 0.25) is 5.88 Å². The summed E-state index contributed by atoms with van der Waals surface area (Å²) in [5.74, 6) is 0.484. The van der Waals surface area contributed by atoms with Crippen LogP contribution in [0, 0.1) is 13.8 Å². The maximum Gasteiger partial charge on any atom is 0.368 e. The molecule has 0 saturated carbocycles. The Morgan fingerprint density at radius 3 is 2.48 bits per heavy atom. The van der Waals surface area contributed by atoms with Gasteiger partial charge in [-0.15, -0.1) is 5.10 Å². The molecule has 0 aliphatic rings. The normalized spacial score (nSPS) is 11.0. The first kappa shape index (κ1) is 18.9. The van der Waals surface area contributed by atoms with Crippen LogP contribution in [0.2, 0.25) is 5.02 Å². The summed E-state index contributed by atoms with van der Waals surface area (Å²) < 4.78 is 10.2. The lowest BCUT2D eigenvalue weighted by atomic mass is 10.1. The number of rotatable bonds is 5. The summed E-state index contributed by atoms with van der Waals surface area (Å²) >= 11 is 5.96. The van der Waals surface area contributed by atoms with Crippen molar-refractivity contribution >= 4 is 11.6 Å². The second-order valence-corrected chi connectivity index (χ2v) is 7.11. The van der Waals surface area contributed by atoms with Crippen molar-refractivity contribution in [1.82, 2.24) is 29.6 Å². The molecule has 4 aromatic rings. The summed E-state index contributed by atoms with van der Waals surface area (Å²) in [4.78, 5) is 12.3. The van der Waals surface area contributed by atoms with Gasteiger partial charge in [0.1, 0.15) is 6.61 Å². The molecule has 0 aliphatic heterocycles. The van der Waals surface area contributed by atoms with Crippen LogP contribution in [0.3, 0.4) is 0 Å². The summed E-state index contributed by atoms with van der Waals surface area (Å²) in [6.07, 6.45) is 0. The molecule has 2 aromatic carbocycles. The SMILES string of the molecule is Cc1cccc(-n2nnn(C)c2=O)c1COc1cc(C)n(-c2ccc(Cl)cc2)n1. The van der Waals surface area contributed by atoms with Crippen LogP contribution in [0.25, 0.3) is 11.4 Å². The molecule has 148 valence electrons. The zero-order chi connectivity index (χ0) is 20.5. The quantitative estimate of drug-likeness (QED) is 0.505. The highest BCUT2D eigenvalue weighted by molar-refractivity contribution is 6.30. The molecule has 8 nitrogen and oxygen atoms in total. The monoisotopic (exact) mass is 410 g/mol. The van der Waals surface area contributed by atoms with E-state index < -0.39 is 0 Å². The van der Waals surface area contributed by atoms with E-state index in [1.165, 1.54) is 9.36 Å². The molecule has 0 aliphatic carbocycles. The number of aryl methyl sites for hydroxylation is 3. The molecule has 0 fully saturated rings. The van der Waals surface area contributed by atoms with Crippen molar-refractivity contribution in [2.24, 2.45) is 7.05 Å². The van der Waals surface area contributed by atoms with E-state index in [-0.39, 0.29) is 12.3 Å². The van der Waals surface area contributed by atoms with Crippen LogP contribution in [0.1, 0.15) is 16.8 Å². The lowest BCUT2D eigenvalue weighted by molar-refractivity contribution is 0.290. The van der Waals surface area contributed by atoms with E-state index >= 15 is 0 Å². The van der Waals surface area contributed by atoms with E-state index in [0.29, 0.717) is 16.6 Å². The first-order valence-corrected chi connectivity index (χ1v) is 9.35. The molecule has 0 saturated heterocycles. The molecule has 2 heterocycles. The Kier molecular flexibility index (Phi) is 4.94. The topological polar surface area (TPSA) is 79.8 Å². The van der Waals surface area contributed by atoms with E-state index in [0.717, 1.165) is 22.5 Å². The van der Waals surface area contributed by atoms with Crippen LogP contribution in [0.15, 0.2) is 53.3 Å². The average molecular weight is 411 g/mol. The fraction of sp³-hybridized carbons (Fsp3) is 0.200. The van der Waals surface area contributed by atoms with Crippen LogP contribution < -0.4 is 10.4 Å². The van der Waals surface area contributed by atoms with Gasteiger partial charge in [-0.25, -0.2) is 9.48 Å². The molecule has 0 amide bonds. The van der Waals surface area contributed by atoms with Crippen LogP contribution in [0.4, 0.5) is 0 Å². The van der Waals surface area contributed by atoms with Gasteiger partial charge in [-0.3, -0.25) is 0 Å². The first-order valence-electron chi connectivity index (χ1n) is 8.97. The Hall–Kier alpha value is -3.39. The zero-order valence-corrected chi connectivity index (χ0v) is 17.0. The van der Waals surface area contributed by atoms with Gasteiger partial charge >= 0.3 is 5.69 Å². The maximum atomic E-state index is 12.3. The lowest BCUT2D eigenvalue weighted by Crippen LogP contribution is -2.23. The Labute approximate surface area is 171 Å². The standard InChI is InChI=1S/C20H19ClN6O2/c1-13-5-4-6-18(27-20(28)25(3)23-24-27)17(13)12-29-19-11-14(2)26(22-19)16-9-7-15(21)8-10-16/h4-11H,12H2,1-3H3. The van der Waals surface area contributed by atoms with Crippen LogP contribution in [-0.2, 0) is 13.7 Å². The van der Waals surface area contributed by atoms with Crippen molar-refractivity contribution in [3.8, 4) is 17.3 Å². The fourth-order valence-electron chi connectivity index (χ4n) is 3.04. The molecular weight excluding hydrogens is 392 g/mol. The van der Waals surface area contributed by atoms with Crippen molar-refractivity contribution in [3.63, 3.8) is 0 Å². The number of halogens is 1. The lowest BCUT2D eigenvalue weighted by Gasteiger charge is -2.11. The Bertz CT molecular complexity index is 1220. The van der Waals surface area contributed by atoms with Crippen molar-refractivity contribution < 1.29 is 4.74 Å². The van der Waals surface area contributed by atoms with Gasteiger partial charge in [-0.2, -0.15) is 9.36 Å². The summed E-state index contributed by atoms with van der Waals surface area (Å²) in [7, 11) is 1.56. The maximum absolute atomic E-state index is 12.3. The van der Waals surface area contributed by atoms with E-state index in [9.17, 15) is 4.79 Å². The Morgan fingerprint density at radius 1 is 1.03 bits per heavy atom. The Balaban J connectivity index is 1.62. The summed E-state index contributed by atoms with van der Waals surface area (Å²) in [5.41, 5.74) is 3.96. The summed E-state index contributed by atoms with van der Waals surface area (Å²) in [6, 6.07) is 14.9. The number of aromatic nitrogens is 6. The highest BCUT2D eigenvalue weighted by Gasteiger charge is 2.15.